The van der Waals surface area contributed by atoms with E-state index in [-0.39, 0.29) is 18.8 Å². The minimum atomic E-state index is -0.398. The minimum Gasteiger partial charge on any atom is -0.457 e. The van der Waals surface area contributed by atoms with Crippen LogP contribution in [0.3, 0.4) is 0 Å². The molecule has 0 heterocycles. The molecule has 0 aromatic heterocycles. The Balaban J connectivity index is 1.89. The van der Waals surface area contributed by atoms with Gasteiger partial charge < -0.3 is 4.74 Å². The molecule has 3 nitrogen and oxygen atoms in total. The highest BCUT2D eigenvalue weighted by atomic mass is 79.9. The Bertz CT molecular complexity index is 650. The fourth-order valence-electron chi connectivity index (χ4n) is 1.92. The molecule has 2 aromatic rings. The number of aryl methyl sites for hydroxylation is 1. The van der Waals surface area contributed by atoms with E-state index in [1.165, 1.54) is 0 Å². The minimum absolute atomic E-state index is 0.168. The maximum atomic E-state index is 11.8. The van der Waals surface area contributed by atoms with Gasteiger partial charge in [0.2, 0.25) is 0 Å². The van der Waals surface area contributed by atoms with Gasteiger partial charge in [0.1, 0.15) is 0 Å². The molecule has 0 saturated heterocycles. The Labute approximate surface area is 132 Å². The van der Waals surface area contributed by atoms with E-state index in [1.54, 1.807) is 24.3 Å². The molecule has 2 aromatic carbocycles. The summed E-state index contributed by atoms with van der Waals surface area (Å²) >= 11 is 3.38. The number of Topliss-reactive ketones (excluding diaryl/α,β-unsaturated/α-hetero) is 1. The van der Waals surface area contributed by atoms with Crippen LogP contribution in [0.15, 0.2) is 53.0 Å². The largest absolute Gasteiger partial charge is 0.457 e. The molecule has 0 radical (unpaired) electrons. The third-order valence-corrected chi connectivity index (χ3v) is 3.59. The molecule has 0 aliphatic carbocycles. The average molecular weight is 347 g/mol. The second-order valence-electron chi connectivity index (χ2n) is 4.70. The summed E-state index contributed by atoms with van der Waals surface area (Å²) in [5.74, 6) is -0.596. The van der Waals surface area contributed by atoms with Crippen molar-refractivity contribution in [1.82, 2.24) is 0 Å². The van der Waals surface area contributed by atoms with Crippen LogP contribution in [0.5, 0.6) is 0 Å². The van der Waals surface area contributed by atoms with E-state index in [0.717, 1.165) is 15.6 Å². The predicted molar refractivity (Wildman–Crippen MR) is 84.3 cm³/mol. The number of hydrogen-bond acceptors (Lipinski definition) is 3. The Kier molecular flexibility index (Phi) is 5.28. The molecule has 0 aliphatic heterocycles. The van der Waals surface area contributed by atoms with E-state index in [2.05, 4.69) is 15.9 Å². The highest BCUT2D eigenvalue weighted by Crippen LogP contribution is 2.16. The molecular formula is C17H15BrO3. The highest BCUT2D eigenvalue weighted by Gasteiger charge is 2.11. The number of hydrogen-bond donors (Lipinski definition) is 0. The normalized spacial score (nSPS) is 10.2. The van der Waals surface area contributed by atoms with Gasteiger partial charge in [0.05, 0.1) is 6.42 Å². The first-order chi connectivity index (χ1) is 10.1. The monoisotopic (exact) mass is 346 g/mol. The molecule has 0 amide bonds. The van der Waals surface area contributed by atoms with Gasteiger partial charge >= 0.3 is 5.97 Å². The SMILES string of the molecule is Cc1cc(Br)ccc1CC(=O)OCC(=O)c1ccccc1. The number of halogens is 1. The number of carbonyl (C=O) groups is 2. The van der Waals surface area contributed by atoms with Gasteiger partial charge in [0, 0.05) is 10.0 Å². The zero-order valence-corrected chi connectivity index (χ0v) is 13.2. The Morgan fingerprint density at radius 2 is 1.81 bits per heavy atom. The van der Waals surface area contributed by atoms with E-state index in [9.17, 15) is 9.59 Å². The number of rotatable bonds is 5. The molecule has 0 N–H and O–H groups in total. The number of esters is 1. The number of ether oxygens (including phenoxy) is 1. The topological polar surface area (TPSA) is 43.4 Å². The third kappa shape index (κ3) is 4.53. The van der Waals surface area contributed by atoms with Gasteiger partial charge in [0.15, 0.2) is 12.4 Å². The standard InChI is InChI=1S/C17H15BrO3/c1-12-9-15(18)8-7-14(12)10-17(20)21-11-16(19)13-5-3-2-4-6-13/h2-9H,10-11H2,1H3. The quantitative estimate of drug-likeness (QED) is 0.612. The number of ketones is 1. The van der Waals surface area contributed by atoms with Gasteiger partial charge in [-0.3, -0.25) is 9.59 Å². The van der Waals surface area contributed by atoms with Crippen molar-refractivity contribution < 1.29 is 14.3 Å². The highest BCUT2D eigenvalue weighted by molar-refractivity contribution is 9.10. The summed E-state index contributed by atoms with van der Waals surface area (Å²) in [6.45, 7) is 1.71. The summed E-state index contributed by atoms with van der Waals surface area (Å²) in [5, 5.41) is 0. The summed E-state index contributed by atoms with van der Waals surface area (Å²) in [7, 11) is 0. The second-order valence-corrected chi connectivity index (χ2v) is 5.61. The van der Waals surface area contributed by atoms with Crippen molar-refractivity contribution in [3.05, 3.63) is 69.7 Å². The van der Waals surface area contributed by atoms with Gasteiger partial charge in [-0.2, -0.15) is 0 Å². The summed E-state index contributed by atoms with van der Waals surface area (Å²) in [5.41, 5.74) is 2.45. The van der Waals surface area contributed by atoms with E-state index in [1.807, 2.05) is 31.2 Å². The van der Waals surface area contributed by atoms with Gasteiger partial charge in [-0.1, -0.05) is 52.3 Å². The van der Waals surface area contributed by atoms with Crippen LogP contribution in [0.2, 0.25) is 0 Å². The fourth-order valence-corrected chi connectivity index (χ4v) is 2.39. The lowest BCUT2D eigenvalue weighted by atomic mass is 10.1. The van der Waals surface area contributed by atoms with Gasteiger partial charge in [-0.05, 0) is 30.2 Å². The molecule has 0 unspecified atom stereocenters. The van der Waals surface area contributed by atoms with Crippen molar-refractivity contribution in [1.29, 1.82) is 0 Å². The van der Waals surface area contributed by atoms with Crippen LogP contribution in [0, 0.1) is 6.92 Å². The number of benzene rings is 2. The van der Waals surface area contributed by atoms with Crippen molar-refractivity contribution in [2.75, 3.05) is 6.61 Å². The molecular weight excluding hydrogens is 332 g/mol. The molecule has 4 heteroatoms. The molecule has 0 spiro atoms. The van der Waals surface area contributed by atoms with Crippen LogP contribution in [0.25, 0.3) is 0 Å². The van der Waals surface area contributed by atoms with E-state index >= 15 is 0 Å². The second kappa shape index (κ2) is 7.18. The lowest BCUT2D eigenvalue weighted by molar-refractivity contribution is -0.141. The maximum Gasteiger partial charge on any atom is 0.310 e. The molecule has 21 heavy (non-hydrogen) atoms. The van der Waals surface area contributed by atoms with Crippen molar-refractivity contribution in [3.63, 3.8) is 0 Å². The van der Waals surface area contributed by atoms with Crippen molar-refractivity contribution in [3.8, 4) is 0 Å². The van der Waals surface area contributed by atoms with Crippen LogP contribution in [0.1, 0.15) is 21.5 Å². The van der Waals surface area contributed by atoms with Crippen LogP contribution in [-0.2, 0) is 16.0 Å². The fraction of sp³-hybridized carbons (Fsp3) is 0.176. The molecule has 0 saturated carbocycles. The molecule has 0 atom stereocenters. The van der Waals surface area contributed by atoms with Gasteiger partial charge in [0.25, 0.3) is 0 Å². The molecule has 0 fully saturated rings. The summed E-state index contributed by atoms with van der Waals surface area (Å²) in [4.78, 5) is 23.6. The molecule has 2 rings (SSSR count). The maximum absolute atomic E-state index is 11.8. The molecule has 108 valence electrons. The van der Waals surface area contributed by atoms with E-state index in [0.29, 0.717) is 5.56 Å². The Morgan fingerprint density at radius 3 is 2.48 bits per heavy atom. The van der Waals surface area contributed by atoms with Gasteiger partial charge in [-0.25, -0.2) is 0 Å². The van der Waals surface area contributed by atoms with Crippen LogP contribution >= 0.6 is 15.9 Å². The third-order valence-electron chi connectivity index (χ3n) is 3.10. The van der Waals surface area contributed by atoms with Crippen LogP contribution in [-0.4, -0.2) is 18.4 Å². The van der Waals surface area contributed by atoms with Crippen molar-refractivity contribution in [2.45, 2.75) is 13.3 Å². The Morgan fingerprint density at radius 1 is 1.10 bits per heavy atom. The summed E-state index contributed by atoms with van der Waals surface area (Å²) < 4.78 is 6.02. The first kappa shape index (κ1) is 15.4. The van der Waals surface area contributed by atoms with E-state index in [4.69, 9.17) is 4.74 Å². The molecule has 0 bridgehead atoms. The Hall–Kier alpha value is -1.94. The number of carbonyl (C=O) groups excluding carboxylic acids is 2. The molecule has 0 aliphatic rings. The summed E-state index contributed by atoms with van der Waals surface area (Å²) in [6.07, 6.45) is 0.168. The van der Waals surface area contributed by atoms with Gasteiger partial charge in [-0.15, -0.1) is 0 Å². The zero-order chi connectivity index (χ0) is 15.2. The zero-order valence-electron chi connectivity index (χ0n) is 11.6. The smallest absolute Gasteiger partial charge is 0.310 e. The predicted octanol–water partition coefficient (Wildman–Crippen LogP) is 3.73. The first-order valence-corrected chi connectivity index (χ1v) is 7.34. The van der Waals surface area contributed by atoms with E-state index < -0.39 is 5.97 Å². The van der Waals surface area contributed by atoms with Crippen molar-refractivity contribution in [2.24, 2.45) is 0 Å². The lowest BCUT2D eigenvalue weighted by Gasteiger charge is -2.07. The van der Waals surface area contributed by atoms with Crippen molar-refractivity contribution >= 4 is 27.7 Å². The first-order valence-electron chi connectivity index (χ1n) is 6.55. The summed E-state index contributed by atoms with van der Waals surface area (Å²) in [6, 6.07) is 14.5. The lowest BCUT2D eigenvalue weighted by Crippen LogP contribution is -2.16. The van der Waals surface area contributed by atoms with Crippen LogP contribution < -0.4 is 0 Å². The van der Waals surface area contributed by atoms with Crippen LogP contribution in [0.4, 0.5) is 0 Å². The average Bonchev–Trinajstić information content (AvgIpc) is 2.48.